The second-order valence-corrected chi connectivity index (χ2v) is 6.29. The average Bonchev–Trinajstić information content (AvgIpc) is 2.51. The van der Waals surface area contributed by atoms with Crippen LogP contribution in [0.15, 0.2) is 46.9 Å². The number of carbonyl (C=O) groups is 1. The van der Waals surface area contributed by atoms with Crippen molar-refractivity contribution in [3.8, 4) is 0 Å². The Kier molecular flexibility index (Phi) is 5.61. The molecule has 0 saturated heterocycles. The molecule has 0 atom stereocenters. The van der Waals surface area contributed by atoms with Crippen molar-refractivity contribution in [1.82, 2.24) is 4.90 Å². The van der Waals surface area contributed by atoms with Gasteiger partial charge in [-0.15, -0.1) is 0 Å². The van der Waals surface area contributed by atoms with Crippen LogP contribution >= 0.6 is 15.9 Å². The summed E-state index contributed by atoms with van der Waals surface area (Å²) in [5.74, 6) is 0. The Labute approximate surface area is 140 Å². The van der Waals surface area contributed by atoms with Crippen LogP contribution < -0.4 is 5.32 Å². The maximum atomic E-state index is 12.4. The molecule has 0 bridgehead atoms. The van der Waals surface area contributed by atoms with Crippen molar-refractivity contribution >= 4 is 27.6 Å². The lowest BCUT2D eigenvalue weighted by Crippen LogP contribution is -2.31. The van der Waals surface area contributed by atoms with E-state index < -0.39 is 0 Å². The van der Waals surface area contributed by atoms with Gasteiger partial charge in [0, 0.05) is 23.8 Å². The SMILES string of the molecule is CCc1cccc(C)c1NC(=O)N(C)Cc1ccc(Br)cc1. The number of nitrogens with one attached hydrogen (secondary N) is 1. The Morgan fingerprint density at radius 3 is 2.50 bits per heavy atom. The smallest absolute Gasteiger partial charge is 0.321 e. The molecule has 2 aromatic rings. The van der Waals surface area contributed by atoms with Gasteiger partial charge < -0.3 is 10.2 Å². The highest BCUT2D eigenvalue weighted by Gasteiger charge is 2.12. The molecule has 4 heteroatoms. The van der Waals surface area contributed by atoms with Gasteiger partial charge in [0.05, 0.1) is 0 Å². The van der Waals surface area contributed by atoms with E-state index in [-0.39, 0.29) is 6.03 Å². The molecule has 22 heavy (non-hydrogen) atoms. The first-order valence-electron chi connectivity index (χ1n) is 7.36. The number of hydrogen-bond donors (Lipinski definition) is 1. The zero-order chi connectivity index (χ0) is 16.1. The number of benzene rings is 2. The van der Waals surface area contributed by atoms with Gasteiger partial charge >= 0.3 is 6.03 Å². The Morgan fingerprint density at radius 2 is 1.86 bits per heavy atom. The van der Waals surface area contributed by atoms with Gasteiger partial charge in [-0.3, -0.25) is 0 Å². The molecule has 0 radical (unpaired) electrons. The summed E-state index contributed by atoms with van der Waals surface area (Å²) in [5, 5.41) is 3.04. The molecular weight excluding hydrogens is 340 g/mol. The van der Waals surface area contributed by atoms with Crippen molar-refractivity contribution in [1.29, 1.82) is 0 Å². The van der Waals surface area contributed by atoms with Crippen LogP contribution in [0.2, 0.25) is 0 Å². The predicted molar refractivity (Wildman–Crippen MR) is 95.2 cm³/mol. The summed E-state index contributed by atoms with van der Waals surface area (Å²) >= 11 is 3.42. The van der Waals surface area contributed by atoms with Crippen LogP contribution in [0.5, 0.6) is 0 Å². The number of halogens is 1. The Bertz CT molecular complexity index is 653. The van der Waals surface area contributed by atoms with Crippen LogP contribution in [0.4, 0.5) is 10.5 Å². The van der Waals surface area contributed by atoms with Crippen molar-refractivity contribution in [3.05, 3.63) is 63.6 Å². The number of carbonyl (C=O) groups excluding carboxylic acids is 1. The molecule has 0 aromatic heterocycles. The van der Waals surface area contributed by atoms with Crippen LogP contribution in [0.25, 0.3) is 0 Å². The van der Waals surface area contributed by atoms with Gasteiger partial charge in [0.2, 0.25) is 0 Å². The number of hydrogen-bond acceptors (Lipinski definition) is 1. The molecule has 116 valence electrons. The average molecular weight is 361 g/mol. The van der Waals surface area contributed by atoms with Gasteiger partial charge in [0.15, 0.2) is 0 Å². The van der Waals surface area contributed by atoms with Crippen LogP contribution in [-0.2, 0) is 13.0 Å². The molecule has 2 amide bonds. The molecule has 1 N–H and O–H groups in total. The fourth-order valence-electron chi connectivity index (χ4n) is 2.34. The van der Waals surface area contributed by atoms with E-state index in [0.29, 0.717) is 6.54 Å². The first-order chi connectivity index (χ1) is 10.5. The number of amides is 2. The van der Waals surface area contributed by atoms with E-state index in [1.54, 1.807) is 11.9 Å². The molecule has 2 aromatic carbocycles. The summed E-state index contributed by atoms with van der Waals surface area (Å²) in [7, 11) is 1.81. The van der Waals surface area contributed by atoms with Crippen molar-refractivity contribution in [2.75, 3.05) is 12.4 Å². The van der Waals surface area contributed by atoms with Crippen LogP contribution in [0.1, 0.15) is 23.6 Å². The Balaban J connectivity index is 2.07. The summed E-state index contributed by atoms with van der Waals surface area (Å²) in [4.78, 5) is 14.1. The van der Waals surface area contributed by atoms with Crippen LogP contribution in [-0.4, -0.2) is 18.0 Å². The molecule has 0 heterocycles. The number of urea groups is 1. The van der Waals surface area contributed by atoms with E-state index in [0.717, 1.165) is 33.3 Å². The molecule has 3 nitrogen and oxygen atoms in total. The maximum absolute atomic E-state index is 12.4. The molecule has 0 spiro atoms. The highest BCUT2D eigenvalue weighted by Crippen LogP contribution is 2.21. The predicted octanol–water partition coefficient (Wildman–Crippen LogP) is 4.98. The molecule has 0 aliphatic rings. The first-order valence-corrected chi connectivity index (χ1v) is 8.15. The van der Waals surface area contributed by atoms with Gasteiger partial charge in [-0.25, -0.2) is 4.79 Å². The van der Waals surface area contributed by atoms with E-state index in [2.05, 4.69) is 34.2 Å². The minimum atomic E-state index is -0.0908. The minimum absolute atomic E-state index is 0.0908. The van der Waals surface area contributed by atoms with E-state index in [9.17, 15) is 4.79 Å². The Morgan fingerprint density at radius 1 is 1.18 bits per heavy atom. The highest BCUT2D eigenvalue weighted by molar-refractivity contribution is 9.10. The lowest BCUT2D eigenvalue weighted by atomic mass is 10.1. The van der Waals surface area contributed by atoms with E-state index in [4.69, 9.17) is 0 Å². The highest BCUT2D eigenvalue weighted by atomic mass is 79.9. The van der Waals surface area contributed by atoms with Crippen molar-refractivity contribution in [2.45, 2.75) is 26.8 Å². The maximum Gasteiger partial charge on any atom is 0.321 e. The van der Waals surface area contributed by atoms with Crippen LogP contribution in [0.3, 0.4) is 0 Å². The molecule has 0 fully saturated rings. The summed E-state index contributed by atoms with van der Waals surface area (Å²) < 4.78 is 1.04. The van der Waals surface area contributed by atoms with Crippen LogP contribution in [0, 0.1) is 6.92 Å². The van der Waals surface area contributed by atoms with Gasteiger partial charge in [-0.2, -0.15) is 0 Å². The van der Waals surface area contributed by atoms with E-state index in [1.807, 2.05) is 43.3 Å². The summed E-state index contributed by atoms with van der Waals surface area (Å²) in [6.45, 7) is 4.69. The van der Waals surface area contributed by atoms with Gasteiger partial charge in [0.1, 0.15) is 0 Å². The summed E-state index contributed by atoms with van der Waals surface area (Å²) in [6.07, 6.45) is 0.897. The summed E-state index contributed by atoms with van der Waals surface area (Å²) in [6, 6.07) is 14.0. The molecule has 0 unspecified atom stereocenters. The second-order valence-electron chi connectivity index (χ2n) is 5.38. The van der Waals surface area contributed by atoms with Gasteiger partial charge in [0.25, 0.3) is 0 Å². The standard InChI is InChI=1S/C18H21BrN2O/c1-4-15-7-5-6-13(2)17(15)20-18(22)21(3)12-14-8-10-16(19)11-9-14/h5-11H,4,12H2,1-3H3,(H,20,22). The monoisotopic (exact) mass is 360 g/mol. The lowest BCUT2D eigenvalue weighted by molar-refractivity contribution is 0.220. The molecule has 0 aliphatic heterocycles. The van der Waals surface area contributed by atoms with Crippen molar-refractivity contribution in [3.63, 3.8) is 0 Å². The Hall–Kier alpha value is -1.81. The lowest BCUT2D eigenvalue weighted by Gasteiger charge is -2.20. The zero-order valence-corrected chi connectivity index (χ0v) is 14.8. The largest absolute Gasteiger partial charge is 0.323 e. The van der Waals surface area contributed by atoms with Crippen molar-refractivity contribution < 1.29 is 4.79 Å². The number of para-hydroxylation sites is 1. The third kappa shape index (κ3) is 4.10. The number of aryl methyl sites for hydroxylation is 2. The van der Waals surface area contributed by atoms with Gasteiger partial charge in [-0.1, -0.05) is 53.2 Å². The zero-order valence-electron chi connectivity index (χ0n) is 13.2. The molecule has 0 aliphatic carbocycles. The third-order valence-electron chi connectivity index (χ3n) is 3.65. The summed E-state index contributed by atoms with van der Waals surface area (Å²) in [5.41, 5.74) is 4.27. The number of nitrogens with zero attached hydrogens (tertiary/aromatic N) is 1. The number of rotatable bonds is 4. The fourth-order valence-corrected chi connectivity index (χ4v) is 2.60. The van der Waals surface area contributed by atoms with E-state index >= 15 is 0 Å². The van der Waals surface area contributed by atoms with E-state index in [1.165, 1.54) is 0 Å². The minimum Gasteiger partial charge on any atom is -0.323 e. The third-order valence-corrected chi connectivity index (χ3v) is 4.18. The topological polar surface area (TPSA) is 32.3 Å². The van der Waals surface area contributed by atoms with Crippen molar-refractivity contribution in [2.24, 2.45) is 0 Å². The first kappa shape index (κ1) is 16.6. The number of anilines is 1. The molecule has 2 rings (SSSR count). The quantitative estimate of drug-likeness (QED) is 0.818. The second kappa shape index (κ2) is 7.45. The fraction of sp³-hybridized carbons (Fsp3) is 0.278. The molecular formula is C18H21BrN2O. The molecule has 0 saturated carbocycles. The van der Waals surface area contributed by atoms with Gasteiger partial charge in [-0.05, 0) is 42.2 Å². The normalized spacial score (nSPS) is 10.4.